The van der Waals surface area contributed by atoms with Gasteiger partial charge in [-0.3, -0.25) is 9.59 Å². The molecular weight excluding hydrogens is 321 g/mol. The lowest BCUT2D eigenvalue weighted by atomic mass is 9.81. The van der Waals surface area contributed by atoms with Crippen molar-refractivity contribution in [3.05, 3.63) is 35.4 Å². The highest BCUT2D eigenvalue weighted by molar-refractivity contribution is 5.91. The normalized spacial score (nSPS) is 19.8. The van der Waals surface area contributed by atoms with Crippen molar-refractivity contribution in [2.45, 2.75) is 51.9 Å². The van der Waals surface area contributed by atoms with Crippen LogP contribution in [0.2, 0.25) is 0 Å². The zero-order valence-corrected chi connectivity index (χ0v) is 13.8. The highest BCUT2D eigenvalue weighted by atomic mass is 19.4. The largest absolute Gasteiger partial charge is 0.416 e. The summed E-state index contributed by atoms with van der Waals surface area (Å²) in [6, 6.07) is 3.73. The number of benzene rings is 1. The predicted molar refractivity (Wildman–Crippen MR) is 82.9 cm³/mol. The Morgan fingerprint density at radius 2 is 1.96 bits per heavy atom. The lowest BCUT2D eigenvalue weighted by Crippen LogP contribution is -2.46. The zero-order chi connectivity index (χ0) is 18.1. The van der Waals surface area contributed by atoms with Crippen LogP contribution in [0.5, 0.6) is 0 Å². The second-order valence-electron chi connectivity index (χ2n) is 7.09. The summed E-state index contributed by atoms with van der Waals surface area (Å²) >= 11 is 0. The first-order valence-corrected chi connectivity index (χ1v) is 7.75. The molecule has 2 amide bonds. The van der Waals surface area contributed by atoms with E-state index in [1.54, 1.807) is 6.07 Å². The summed E-state index contributed by atoms with van der Waals surface area (Å²) in [7, 11) is 0. The Bertz CT molecular complexity index is 635. The monoisotopic (exact) mass is 342 g/mol. The molecule has 1 heterocycles. The first kappa shape index (κ1) is 18.3. The molecule has 0 aliphatic carbocycles. The van der Waals surface area contributed by atoms with Crippen LogP contribution in [0.3, 0.4) is 0 Å². The van der Waals surface area contributed by atoms with Crippen molar-refractivity contribution < 1.29 is 22.8 Å². The van der Waals surface area contributed by atoms with Crippen molar-refractivity contribution in [3.8, 4) is 0 Å². The fourth-order valence-corrected chi connectivity index (χ4v) is 2.75. The van der Waals surface area contributed by atoms with Gasteiger partial charge in [-0.15, -0.1) is 0 Å². The summed E-state index contributed by atoms with van der Waals surface area (Å²) in [6.45, 7) is 5.52. The van der Waals surface area contributed by atoms with Crippen LogP contribution >= 0.6 is 0 Å². The molecule has 0 aromatic heterocycles. The van der Waals surface area contributed by atoms with Gasteiger partial charge in [0.15, 0.2) is 0 Å². The van der Waals surface area contributed by atoms with Crippen LogP contribution < -0.4 is 10.6 Å². The third kappa shape index (κ3) is 4.27. The van der Waals surface area contributed by atoms with Gasteiger partial charge in [0.2, 0.25) is 11.8 Å². The maximum Gasteiger partial charge on any atom is 0.416 e. The summed E-state index contributed by atoms with van der Waals surface area (Å²) in [4.78, 5) is 23.6. The van der Waals surface area contributed by atoms with Gasteiger partial charge in [0.25, 0.3) is 0 Å². The van der Waals surface area contributed by atoms with Crippen molar-refractivity contribution in [1.82, 2.24) is 10.6 Å². The highest BCUT2D eigenvalue weighted by Gasteiger charge is 2.35. The Labute approximate surface area is 138 Å². The number of hydrogen-bond acceptors (Lipinski definition) is 2. The van der Waals surface area contributed by atoms with E-state index in [1.165, 1.54) is 6.07 Å². The van der Waals surface area contributed by atoms with Gasteiger partial charge in [0, 0.05) is 6.42 Å². The number of carbonyl (C=O) groups excluding carboxylic acids is 2. The van der Waals surface area contributed by atoms with Gasteiger partial charge in [-0.05, 0) is 29.5 Å². The fourth-order valence-electron chi connectivity index (χ4n) is 2.75. The number of rotatable bonds is 3. The molecule has 1 aliphatic rings. The molecule has 1 aromatic carbocycles. The number of amides is 2. The molecule has 132 valence electrons. The maximum absolute atomic E-state index is 12.9. The van der Waals surface area contributed by atoms with Gasteiger partial charge in [-0.1, -0.05) is 32.9 Å². The molecule has 1 fully saturated rings. The second-order valence-corrected chi connectivity index (χ2v) is 7.09. The Kier molecular flexibility index (Phi) is 4.92. The number of halogens is 3. The summed E-state index contributed by atoms with van der Waals surface area (Å²) in [5.74, 6) is -0.570. The highest BCUT2D eigenvalue weighted by Crippen LogP contribution is 2.36. The van der Waals surface area contributed by atoms with Gasteiger partial charge in [-0.2, -0.15) is 13.2 Å². The van der Waals surface area contributed by atoms with E-state index in [-0.39, 0.29) is 18.2 Å². The van der Waals surface area contributed by atoms with E-state index in [2.05, 4.69) is 10.6 Å². The van der Waals surface area contributed by atoms with Gasteiger partial charge >= 0.3 is 6.18 Å². The van der Waals surface area contributed by atoms with Crippen molar-refractivity contribution in [2.75, 3.05) is 0 Å². The Morgan fingerprint density at radius 3 is 2.46 bits per heavy atom. The lowest BCUT2D eigenvalue weighted by Gasteiger charge is -2.33. The molecule has 1 saturated heterocycles. The smallest absolute Gasteiger partial charge is 0.347 e. The van der Waals surface area contributed by atoms with Crippen LogP contribution in [0.25, 0.3) is 0 Å². The van der Waals surface area contributed by atoms with Crippen LogP contribution in [-0.2, 0) is 15.8 Å². The van der Waals surface area contributed by atoms with Gasteiger partial charge in [-0.25, -0.2) is 0 Å². The van der Waals surface area contributed by atoms with E-state index in [9.17, 15) is 22.8 Å². The molecule has 2 atom stereocenters. The van der Waals surface area contributed by atoms with Crippen molar-refractivity contribution in [3.63, 3.8) is 0 Å². The first-order chi connectivity index (χ1) is 11.0. The van der Waals surface area contributed by atoms with Crippen LogP contribution in [0.1, 0.15) is 50.8 Å². The number of hydrogen-bond donors (Lipinski definition) is 2. The molecule has 0 spiro atoms. The lowest BCUT2D eigenvalue weighted by molar-refractivity contribution is -0.137. The molecule has 0 radical (unpaired) electrons. The minimum absolute atomic E-state index is 0.193. The topological polar surface area (TPSA) is 58.2 Å². The standard InChI is InChI=1S/C17H21F3N2O2/c1-16(2,3)14(22-15(24)12-7-8-13(23)21-12)10-5-4-6-11(9-10)17(18,19)20/h4-6,9,12,14H,7-8H2,1-3H3,(H,21,23)(H,22,24). The van der Waals surface area contributed by atoms with Gasteiger partial charge < -0.3 is 10.6 Å². The van der Waals surface area contributed by atoms with E-state index in [0.717, 1.165) is 12.1 Å². The molecule has 1 aliphatic heterocycles. The third-order valence-electron chi connectivity index (χ3n) is 4.01. The summed E-state index contributed by atoms with van der Waals surface area (Å²) in [5.41, 5.74) is -0.865. The van der Waals surface area contributed by atoms with E-state index < -0.39 is 29.2 Å². The molecular formula is C17H21F3N2O2. The molecule has 1 aromatic rings. The molecule has 2 unspecified atom stereocenters. The average Bonchev–Trinajstić information content (AvgIpc) is 2.89. The quantitative estimate of drug-likeness (QED) is 0.886. The zero-order valence-electron chi connectivity index (χ0n) is 13.8. The van der Waals surface area contributed by atoms with Crippen molar-refractivity contribution in [1.29, 1.82) is 0 Å². The van der Waals surface area contributed by atoms with Crippen LogP contribution in [0.15, 0.2) is 24.3 Å². The van der Waals surface area contributed by atoms with Crippen molar-refractivity contribution >= 4 is 11.8 Å². The molecule has 2 rings (SSSR count). The van der Waals surface area contributed by atoms with E-state index in [1.807, 2.05) is 20.8 Å². The van der Waals surface area contributed by atoms with E-state index >= 15 is 0 Å². The SMILES string of the molecule is CC(C)(C)C(NC(=O)C1CCC(=O)N1)c1cccc(C(F)(F)F)c1. The molecule has 4 nitrogen and oxygen atoms in total. The fraction of sp³-hybridized carbons (Fsp3) is 0.529. The average molecular weight is 342 g/mol. The summed E-state index contributed by atoms with van der Waals surface area (Å²) < 4.78 is 38.8. The molecule has 0 saturated carbocycles. The summed E-state index contributed by atoms with van der Waals surface area (Å²) in [5, 5.41) is 5.36. The minimum Gasteiger partial charge on any atom is -0.347 e. The Balaban J connectivity index is 2.26. The second kappa shape index (κ2) is 6.45. The molecule has 7 heteroatoms. The number of alkyl halides is 3. The Morgan fingerprint density at radius 1 is 1.29 bits per heavy atom. The maximum atomic E-state index is 12.9. The number of nitrogens with one attached hydrogen (secondary N) is 2. The van der Waals surface area contributed by atoms with Gasteiger partial charge in [0.05, 0.1) is 11.6 Å². The van der Waals surface area contributed by atoms with Crippen LogP contribution in [0.4, 0.5) is 13.2 Å². The minimum atomic E-state index is -4.44. The molecule has 0 bridgehead atoms. The molecule has 24 heavy (non-hydrogen) atoms. The van der Waals surface area contributed by atoms with Crippen LogP contribution in [0, 0.1) is 5.41 Å². The summed E-state index contributed by atoms with van der Waals surface area (Å²) in [6.07, 6.45) is -3.77. The third-order valence-corrected chi connectivity index (χ3v) is 4.01. The first-order valence-electron chi connectivity index (χ1n) is 7.75. The predicted octanol–water partition coefficient (Wildman–Crippen LogP) is 3.19. The molecule has 2 N–H and O–H groups in total. The van der Waals surface area contributed by atoms with E-state index in [4.69, 9.17) is 0 Å². The van der Waals surface area contributed by atoms with Crippen molar-refractivity contribution in [2.24, 2.45) is 5.41 Å². The van der Waals surface area contributed by atoms with Gasteiger partial charge in [0.1, 0.15) is 6.04 Å². The van der Waals surface area contributed by atoms with Crippen LogP contribution in [-0.4, -0.2) is 17.9 Å². The van der Waals surface area contributed by atoms with E-state index in [0.29, 0.717) is 12.0 Å². The number of carbonyl (C=O) groups is 2. The Hall–Kier alpha value is -2.05.